The fourth-order valence-electron chi connectivity index (χ4n) is 3.37. The molecule has 1 heterocycles. The number of likely N-dealkylation sites (N-methyl/N-ethyl adjacent to an activating group) is 1. The van der Waals surface area contributed by atoms with E-state index in [1.165, 1.54) is 0 Å². The first-order valence-corrected chi connectivity index (χ1v) is 10.1. The van der Waals surface area contributed by atoms with Gasteiger partial charge in [-0.25, -0.2) is 5.01 Å². The Balaban J connectivity index is 1.63. The molecule has 0 saturated carbocycles. The summed E-state index contributed by atoms with van der Waals surface area (Å²) in [4.78, 5) is 14.9. The molecule has 0 aliphatic carbocycles. The van der Waals surface area contributed by atoms with Crippen LogP contribution in [0, 0.1) is 0 Å². The number of nitrogens with zero attached hydrogens (tertiary/aromatic N) is 3. The van der Waals surface area contributed by atoms with Crippen molar-refractivity contribution in [2.45, 2.75) is 26.8 Å². The van der Waals surface area contributed by atoms with Gasteiger partial charge in [-0.3, -0.25) is 9.69 Å². The number of benzene rings is 2. The molecule has 0 N–H and O–H groups in total. The molecule has 6 nitrogen and oxygen atoms in total. The minimum absolute atomic E-state index is 0.0238. The van der Waals surface area contributed by atoms with Crippen LogP contribution in [-0.4, -0.2) is 54.9 Å². The molecular weight excluding hydrogens is 366 g/mol. The predicted molar refractivity (Wildman–Crippen MR) is 114 cm³/mol. The lowest BCUT2D eigenvalue weighted by Crippen LogP contribution is -2.36. The third-order valence-corrected chi connectivity index (χ3v) is 4.94. The molecule has 6 heteroatoms. The van der Waals surface area contributed by atoms with Gasteiger partial charge in [0.1, 0.15) is 0 Å². The summed E-state index contributed by atoms with van der Waals surface area (Å²) in [7, 11) is 1.64. The van der Waals surface area contributed by atoms with E-state index in [1.54, 1.807) is 12.1 Å². The molecule has 2 aromatic carbocycles. The standard InChI is InChI=1S/C23H29N3O3/c1-4-25(16-18-11-12-21(29-5-2)22(15-18)28-3)17-23(27)26-14-13-20(24-26)19-9-7-6-8-10-19/h6-12,15H,4-5,13-14,16-17H2,1-3H3. The molecule has 3 rings (SSSR count). The Morgan fingerprint density at radius 3 is 2.62 bits per heavy atom. The fraction of sp³-hybridized carbons (Fsp3) is 0.391. The highest BCUT2D eigenvalue weighted by Crippen LogP contribution is 2.28. The second-order valence-corrected chi connectivity index (χ2v) is 6.90. The van der Waals surface area contributed by atoms with Crippen LogP contribution in [0.15, 0.2) is 53.6 Å². The first-order chi connectivity index (χ1) is 14.1. The van der Waals surface area contributed by atoms with Gasteiger partial charge in [-0.05, 0) is 36.7 Å². The van der Waals surface area contributed by atoms with Gasteiger partial charge in [-0.2, -0.15) is 5.10 Å². The lowest BCUT2D eigenvalue weighted by Gasteiger charge is -2.22. The fourth-order valence-corrected chi connectivity index (χ4v) is 3.37. The summed E-state index contributed by atoms with van der Waals surface area (Å²) in [6.07, 6.45) is 0.790. The molecule has 0 atom stereocenters. The van der Waals surface area contributed by atoms with Crippen LogP contribution >= 0.6 is 0 Å². The molecule has 0 bridgehead atoms. The molecule has 1 aliphatic heterocycles. The molecule has 29 heavy (non-hydrogen) atoms. The van der Waals surface area contributed by atoms with Crippen molar-refractivity contribution in [1.29, 1.82) is 0 Å². The van der Waals surface area contributed by atoms with E-state index >= 15 is 0 Å². The number of methoxy groups -OCH3 is 1. The Bertz CT molecular complexity index is 852. The summed E-state index contributed by atoms with van der Waals surface area (Å²) in [5.41, 5.74) is 3.13. The Kier molecular flexibility index (Phi) is 7.25. The van der Waals surface area contributed by atoms with Crippen molar-refractivity contribution >= 4 is 11.6 Å². The topological polar surface area (TPSA) is 54.4 Å². The van der Waals surface area contributed by atoms with Crippen LogP contribution in [0.2, 0.25) is 0 Å². The van der Waals surface area contributed by atoms with E-state index in [9.17, 15) is 4.79 Å². The van der Waals surface area contributed by atoms with Crippen LogP contribution in [0.25, 0.3) is 0 Å². The normalized spacial score (nSPS) is 13.5. The maximum absolute atomic E-state index is 12.8. The maximum atomic E-state index is 12.8. The summed E-state index contributed by atoms with van der Waals surface area (Å²) in [5, 5.41) is 6.15. The van der Waals surface area contributed by atoms with E-state index in [-0.39, 0.29) is 5.91 Å². The number of hydrogen-bond acceptors (Lipinski definition) is 5. The summed E-state index contributed by atoms with van der Waals surface area (Å²) >= 11 is 0. The van der Waals surface area contributed by atoms with Gasteiger partial charge in [0.2, 0.25) is 0 Å². The molecule has 2 aromatic rings. The monoisotopic (exact) mass is 395 g/mol. The third-order valence-electron chi connectivity index (χ3n) is 4.94. The highest BCUT2D eigenvalue weighted by Gasteiger charge is 2.23. The van der Waals surface area contributed by atoms with Crippen molar-refractivity contribution in [3.63, 3.8) is 0 Å². The van der Waals surface area contributed by atoms with Crippen LogP contribution in [0.5, 0.6) is 11.5 Å². The van der Waals surface area contributed by atoms with Crippen LogP contribution in [-0.2, 0) is 11.3 Å². The minimum atomic E-state index is 0.0238. The summed E-state index contributed by atoms with van der Waals surface area (Å²) in [6, 6.07) is 15.9. The zero-order valence-corrected chi connectivity index (χ0v) is 17.4. The lowest BCUT2D eigenvalue weighted by molar-refractivity contribution is -0.132. The lowest BCUT2D eigenvalue weighted by atomic mass is 10.1. The van der Waals surface area contributed by atoms with Gasteiger partial charge in [0.05, 0.1) is 32.5 Å². The van der Waals surface area contributed by atoms with Gasteiger partial charge in [0.15, 0.2) is 11.5 Å². The number of hydrogen-bond donors (Lipinski definition) is 0. The molecule has 0 unspecified atom stereocenters. The van der Waals surface area contributed by atoms with E-state index in [0.29, 0.717) is 32.0 Å². The number of hydrazone groups is 1. The molecule has 1 amide bonds. The Labute approximate surface area is 172 Å². The quantitative estimate of drug-likeness (QED) is 0.652. The Morgan fingerprint density at radius 1 is 1.14 bits per heavy atom. The highest BCUT2D eigenvalue weighted by molar-refractivity contribution is 6.02. The van der Waals surface area contributed by atoms with Crippen LogP contribution in [0.4, 0.5) is 0 Å². The zero-order chi connectivity index (χ0) is 20.6. The largest absolute Gasteiger partial charge is 0.493 e. The van der Waals surface area contributed by atoms with Crippen molar-refractivity contribution in [2.75, 3.05) is 33.4 Å². The van der Waals surface area contributed by atoms with Crippen molar-refractivity contribution in [2.24, 2.45) is 5.10 Å². The van der Waals surface area contributed by atoms with Gasteiger partial charge in [-0.15, -0.1) is 0 Å². The summed E-state index contributed by atoms with van der Waals surface area (Å²) in [6.45, 7) is 6.99. The Morgan fingerprint density at radius 2 is 1.93 bits per heavy atom. The zero-order valence-electron chi connectivity index (χ0n) is 17.4. The predicted octanol–water partition coefficient (Wildman–Crippen LogP) is 3.55. The molecule has 0 spiro atoms. The van der Waals surface area contributed by atoms with Gasteiger partial charge < -0.3 is 9.47 Å². The first-order valence-electron chi connectivity index (χ1n) is 10.1. The maximum Gasteiger partial charge on any atom is 0.256 e. The number of carbonyl (C=O) groups is 1. The molecule has 0 radical (unpaired) electrons. The van der Waals surface area contributed by atoms with Crippen LogP contribution < -0.4 is 9.47 Å². The van der Waals surface area contributed by atoms with Crippen molar-refractivity contribution in [1.82, 2.24) is 9.91 Å². The van der Waals surface area contributed by atoms with Crippen LogP contribution in [0.1, 0.15) is 31.4 Å². The van der Waals surface area contributed by atoms with E-state index in [1.807, 2.05) is 55.5 Å². The van der Waals surface area contributed by atoms with E-state index in [0.717, 1.165) is 35.6 Å². The van der Waals surface area contributed by atoms with E-state index < -0.39 is 0 Å². The van der Waals surface area contributed by atoms with Crippen molar-refractivity contribution < 1.29 is 14.3 Å². The minimum Gasteiger partial charge on any atom is -0.493 e. The van der Waals surface area contributed by atoms with E-state index in [2.05, 4.69) is 16.9 Å². The molecule has 0 aromatic heterocycles. The first kappa shape index (κ1) is 20.9. The smallest absolute Gasteiger partial charge is 0.256 e. The Hall–Kier alpha value is -2.86. The van der Waals surface area contributed by atoms with E-state index in [4.69, 9.17) is 9.47 Å². The second kappa shape index (κ2) is 10.1. The summed E-state index contributed by atoms with van der Waals surface area (Å²) in [5.74, 6) is 1.47. The SMILES string of the molecule is CCOc1ccc(CN(CC)CC(=O)N2CCC(c3ccccc3)=N2)cc1OC. The van der Waals surface area contributed by atoms with Crippen molar-refractivity contribution in [3.05, 3.63) is 59.7 Å². The van der Waals surface area contributed by atoms with Crippen LogP contribution in [0.3, 0.4) is 0 Å². The van der Waals surface area contributed by atoms with Gasteiger partial charge in [0, 0.05) is 13.0 Å². The number of carbonyl (C=O) groups excluding carboxylic acids is 1. The molecule has 0 fully saturated rings. The second-order valence-electron chi connectivity index (χ2n) is 6.90. The molecule has 1 aliphatic rings. The number of rotatable bonds is 9. The number of ether oxygens (including phenoxy) is 2. The number of amides is 1. The van der Waals surface area contributed by atoms with Gasteiger partial charge in [-0.1, -0.05) is 43.3 Å². The molecule has 154 valence electrons. The third kappa shape index (κ3) is 5.35. The van der Waals surface area contributed by atoms with Crippen molar-refractivity contribution in [3.8, 4) is 11.5 Å². The average molecular weight is 396 g/mol. The highest BCUT2D eigenvalue weighted by atomic mass is 16.5. The summed E-state index contributed by atoms with van der Waals surface area (Å²) < 4.78 is 11.0. The average Bonchev–Trinajstić information content (AvgIpc) is 3.25. The van der Waals surface area contributed by atoms with Gasteiger partial charge in [0.25, 0.3) is 5.91 Å². The molecular formula is C23H29N3O3. The van der Waals surface area contributed by atoms with Gasteiger partial charge >= 0.3 is 0 Å². The molecule has 0 saturated heterocycles.